The first kappa shape index (κ1) is 8.99. The Morgan fingerprint density at radius 1 is 1.57 bits per heavy atom. The molecule has 1 fully saturated rings. The number of halogens is 1. The summed E-state index contributed by atoms with van der Waals surface area (Å²) in [5.41, 5.74) is 1.28. The summed E-state index contributed by atoms with van der Waals surface area (Å²) in [6, 6.07) is 4.88. The summed E-state index contributed by atoms with van der Waals surface area (Å²) in [4.78, 5) is 10.7. The van der Waals surface area contributed by atoms with Crippen LogP contribution in [0.15, 0.2) is 18.2 Å². The van der Waals surface area contributed by atoms with Crippen molar-refractivity contribution in [3.05, 3.63) is 35.1 Å². The van der Waals surface area contributed by atoms with Crippen LogP contribution in [0.4, 0.5) is 9.18 Å². The Hall–Kier alpha value is -1.58. The van der Waals surface area contributed by atoms with Gasteiger partial charge in [-0.05, 0) is 18.6 Å². The van der Waals surface area contributed by atoms with Crippen molar-refractivity contribution in [1.29, 1.82) is 0 Å². The standard InChI is InChI=1S/C10H10FNO2/c1-6-2-3-7(8(11)4-6)9-5-12-10(13)14-9/h2-4,9H,5H2,1H3,(H,12,13). The van der Waals surface area contributed by atoms with Crippen molar-refractivity contribution in [2.45, 2.75) is 13.0 Å². The molecule has 1 unspecified atom stereocenters. The third kappa shape index (κ3) is 1.55. The van der Waals surface area contributed by atoms with E-state index in [2.05, 4.69) is 5.32 Å². The maximum absolute atomic E-state index is 13.4. The third-order valence-electron chi connectivity index (χ3n) is 2.18. The lowest BCUT2D eigenvalue weighted by atomic mass is 10.1. The van der Waals surface area contributed by atoms with Crippen molar-refractivity contribution in [1.82, 2.24) is 5.32 Å². The maximum Gasteiger partial charge on any atom is 0.407 e. The van der Waals surface area contributed by atoms with E-state index in [9.17, 15) is 9.18 Å². The van der Waals surface area contributed by atoms with Crippen LogP contribution in [0.3, 0.4) is 0 Å². The second kappa shape index (κ2) is 3.29. The molecule has 1 atom stereocenters. The molecule has 1 aromatic rings. The molecule has 1 amide bonds. The van der Waals surface area contributed by atoms with Crippen molar-refractivity contribution in [3.63, 3.8) is 0 Å². The fraction of sp³-hybridized carbons (Fsp3) is 0.300. The van der Waals surface area contributed by atoms with Crippen molar-refractivity contribution >= 4 is 6.09 Å². The molecule has 3 nitrogen and oxygen atoms in total. The third-order valence-corrected chi connectivity index (χ3v) is 2.18. The number of ether oxygens (including phenoxy) is 1. The topological polar surface area (TPSA) is 38.3 Å². The zero-order chi connectivity index (χ0) is 10.1. The molecular weight excluding hydrogens is 185 g/mol. The molecular formula is C10H10FNO2. The molecule has 1 aliphatic rings. The minimum Gasteiger partial charge on any atom is -0.439 e. The van der Waals surface area contributed by atoms with Gasteiger partial charge >= 0.3 is 6.09 Å². The number of nitrogens with one attached hydrogen (secondary N) is 1. The van der Waals surface area contributed by atoms with Gasteiger partial charge < -0.3 is 10.1 Å². The van der Waals surface area contributed by atoms with Gasteiger partial charge in [0, 0.05) is 5.56 Å². The number of carbonyl (C=O) groups is 1. The second-order valence-electron chi connectivity index (χ2n) is 3.30. The smallest absolute Gasteiger partial charge is 0.407 e. The predicted octanol–water partition coefficient (Wildman–Crippen LogP) is 1.92. The molecule has 14 heavy (non-hydrogen) atoms. The first-order valence-electron chi connectivity index (χ1n) is 4.37. The van der Waals surface area contributed by atoms with Gasteiger partial charge in [-0.3, -0.25) is 0 Å². The molecule has 1 aliphatic heterocycles. The van der Waals surface area contributed by atoms with Crippen molar-refractivity contribution in [3.8, 4) is 0 Å². The zero-order valence-corrected chi connectivity index (χ0v) is 7.71. The van der Waals surface area contributed by atoms with Gasteiger partial charge in [0.05, 0.1) is 6.54 Å². The summed E-state index contributed by atoms with van der Waals surface area (Å²) in [5, 5.41) is 2.48. The zero-order valence-electron chi connectivity index (χ0n) is 7.71. The van der Waals surface area contributed by atoms with Crippen LogP contribution in [0.5, 0.6) is 0 Å². The highest BCUT2D eigenvalue weighted by molar-refractivity contribution is 5.69. The highest BCUT2D eigenvalue weighted by Crippen LogP contribution is 2.23. The minimum atomic E-state index is -0.497. The molecule has 1 heterocycles. The molecule has 1 saturated heterocycles. The van der Waals surface area contributed by atoms with Crippen LogP contribution in [-0.4, -0.2) is 12.6 Å². The van der Waals surface area contributed by atoms with E-state index < -0.39 is 12.2 Å². The number of amides is 1. The minimum absolute atomic E-state index is 0.327. The van der Waals surface area contributed by atoms with Crippen LogP contribution in [0.2, 0.25) is 0 Å². The highest BCUT2D eigenvalue weighted by Gasteiger charge is 2.26. The maximum atomic E-state index is 13.4. The molecule has 74 valence electrons. The molecule has 1 aromatic carbocycles. The van der Waals surface area contributed by atoms with E-state index in [-0.39, 0.29) is 5.82 Å². The predicted molar refractivity (Wildman–Crippen MR) is 48.4 cm³/mol. The van der Waals surface area contributed by atoms with E-state index in [1.807, 2.05) is 6.92 Å². The van der Waals surface area contributed by atoms with Gasteiger partial charge in [-0.15, -0.1) is 0 Å². The van der Waals surface area contributed by atoms with E-state index >= 15 is 0 Å². The molecule has 2 rings (SSSR count). The molecule has 0 aliphatic carbocycles. The summed E-state index contributed by atoms with van der Waals surface area (Å²) in [6.07, 6.45) is -0.988. The van der Waals surface area contributed by atoms with Crippen LogP contribution >= 0.6 is 0 Å². The SMILES string of the molecule is Cc1ccc(C2CNC(=O)O2)c(F)c1. The molecule has 0 saturated carbocycles. The summed E-state index contributed by atoms with van der Waals surface area (Å²) in [5.74, 6) is -0.327. The monoisotopic (exact) mass is 195 g/mol. The summed E-state index contributed by atoms with van der Waals surface area (Å²) < 4.78 is 18.3. The Kier molecular flexibility index (Phi) is 2.11. The lowest BCUT2D eigenvalue weighted by Crippen LogP contribution is -2.12. The summed E-state index contributed by atoms with van der Waals surface area (Å²) in [6.45, 7) is 2.14. The Bertz CT molecular complexity index is 378. The number of aryl methyl sites for hydroxylation is 1. The Labute approximate surface area is 80.9 Å². The first-order valence-corrected chi connectivity index (χ1v) is 4.37. The van der Waals surface area contributed by atoms with E-state index in [0.717, 1.165) is 5.56 Å². The second-order valence-corrected chi connectivity index (χ2v) is 3.30. The van der Waals surface area contributed by atoms with Gasteiger partial charge in [0.25, 0.3) is 0 Å². The van der Waals surface area contributed by atoms with Gasteiger partial charge in [-0.25, -0.2) is 9.18 Å². The van der Waals surface area contributed by atoms with Gasteiger partial charge in [-0.1, -0.05) is 12.1 Å². The van der Waals surface area contributed by atoms with Crippen molar-refractivity contribution in [2.24, 2.45) is 0 Å². The van der Waals surface area contributed by atoms with Crippen molar-refractivity contribution in [2.75, 3.05) is 6.54 Å². The van der Waals surface area contributed by atoms with Gasteiger partial charge in [-0.2, -0.15) is 0 Å². The van der Waals surface area contributed by atoms with Crippen LogP contribution in [-0.2, 0) is 4.74 Å². The first-order chi connectivity index (χ1) is 6.66. The average molecular weight is 195 g/mol. The average Bonchev–Trinajstić information content (AvgIpc) is 2.51. The Balaban J connectivity index is 2.28. The lowest BCUT2D eigenvalue weighted by Gasteiger charge is -2.09. The van der Waals surface area contributed by atoms with E-state index in [1.165, 1.54) is 6.07 Å². The number of carbonyl (C=O) groups excluding carboxylic acids is 1. The summed E-state index contributed by atoms with van der Waals surface area (Å²) >= 11 is 0. The lowest BCUT2D eigenvalue weighted by molar-refractivity contribution is 0.139. The van der Waals surface area contributed by atoms with Crippen LogP contribution in [0, 0.1) is 12.7 Å². The number of cyclic esters (lactones) is 1. The number of alkyl carbamates (subject to hydrolysis) is 1. The number of benzene rings is 1. The normalized spacial score (nSPS) is 20.4. The Morgan fingerprint density at radius 3 is 2.93 bits per heavy atom. The van der Waals surface area contributed by atoms with Gasteiger partial charge in [0.15, 0.2) is 0 Å². The van der Waals surface area contributed by atoms with Crippen molar-refractivity contribution < 1.29 is 13.9 Å². The largest absolute Gasteiger partial charge is 0.439 e. The van der Waals surface area contributed by atoms with Gasteiger partial charge in [0.2, 0.25) is 0 Å². The van der Waals surface area contributed by atoms with E-state index in [1.54, 1.807) is 12.1 Å². The Morgan fingerprint density at radius 2 is 2.36 bits per heavy atom. The van der Waals surface area contributed by atoms with Crippen LogP contribution in [0.1, 0.15) is 17.2 Å². The fourth-order valence-corrected chi connectivity index (χ4v) is 1.46. The molecule has 0 spiro atoms. The number of rotatable bonds is 1. The number of hydrogen-bond donors (Lipinski definition) is 1. The van der Waals surface area contributed by atoms with Crippen LogP contribution < -0.4 is 5.32 Å². The fourth-order valence-electron chi connectivity index (χ4n) is 1.46. The molecule has 0 radical (unpaired) electrons. The quantitative estimate of drug-likeness (QED) is 0.743. The molecule has 0 aromatic heterocycles. The molecule has 4 heteroatoms. The van der Waals surface area contributed by atoms with E-state index in [0.29, 0.717) is 12.1 Å². The molecule has 1 N–H and O–H groups in total. The summed E-state index contributed by atoms with van der Waals surface area (Å²) in [7, 11) is 0. The van der Waals surface area contributed by atoms with Crippen LogP contribution in [0.25, 0.3) is 0 Å². The highest BCUT2D eigenvalue weighted by atomic mass is 19.1. The molecule has 0 bridgehead atoms. The van der Waals surface area contributed by atoms with Gasteiger partial charge in [0.1, 0.15) is 11.9 Å². The van der Waals surface area contributed by atoms with E-state index in [4.69, 9.17) is 4.74 Å². The number of hydrogen-bond acceptors (Lipinski definition) is 2.